The number of carbonyl (C=O) groups excluding carboxylic acids is 1. The smallest absolute Gasteiger partial charge is 0.186 e. The number of imidazole rings is 1. The lowest BCUT2D eigenvalue weighted by Gasteiger charge is -2.14. The molecule has 1 aliphatic rings. The third-order valence-electron chi connectivity index (χ3n) is 3.82. The summed E-state index contributed by atoms with van der Waals surface area (Å²) in [5.74, 6) is 0.0402. The Morgan fingerprint density at radius 3 is 2.92 bits per heavy atom. The Bertz CT molecular complexity index is 866. The van der Waals surface area contributed by atoms with Crippen LogP contribution in [0.4, 0.5) is 5.69 Å². The van der Waals surface area contributed by atoms with Crippen LogP contribution in [0.1, 0.15) is 13.3 Å². The summed E-state index contributed by atoms with van der Waals surface area (Å²) in [5, 5.41) is 11.1. The molecule has 0 amide bonds. The fraction of sp³-hybridized carbons (Fsp3) is 0.278. The van der Waals surface area contributed by atoms with Crippen LogP contribution in [0.15, 0.2) is 57.3 Å². The minimum atomic E-state index is -0.166. The number of carbonyl (C=O) groups is 1. The first kappa shape index (κ1) is 17.6. The molecule has 0 unspecified atom stereocenters. The first-order valence-corrected chi connectivity index (χ1v) is 9.78. The predicted octanol–water partition coefficient (Wildman–Crippen LogP) is 3.93. The van der Waals surface area contributed by atoms with Crippen LogP contribution in [-0.2, 0) is 11.3 Å². The van der Waals surface area contributed by atoms with Crippen LogP contribution in [0, 0.1) is 11.3 Å². The quantitative estimate of drug-likeness (QED) is 0.436. The van der Waals surface area contributed by atoms with Crippen molar-refractivity contribution in [2.45, 2.75) is 29.9 Å². The van der Waals surface area contributed by atoms with E-state index in [1.165, 1.54) is 23.5 Å². The molecule has 0 saturated heterocycles. The standard InChI is InChI=1S/C18H18N4OS2/c1-3-9-22-10-8-20-18(22)24-12-15(23)13(11-19)17-21(2)14-6-4-5-7-16(14)25-17/h4-8,10H,3,9,12H2,1-2H3. The number of fused-ring (bicyclic) bond motifs is 1. The number of para-hydroxylation sites is 1. The zero-order valence-electron chi connectivity index (χ0n) is 14.1. The number of nitrogens with zero attached hydrogens (tertiary/aromatic N) is 4. The number of benzene rings is 1. The normalized spacial score (nSPS) is 15.0. The second-order valence-corrected chi connectivity index (χ2v) is 7.51. The van der Waals surface area contributed by atoms with E-state index < -0.39 is 0 Å². The molecule has 0 fully saturated rings. The van der Waals surface area contributed by atoms with Gasteiger partial charge in [-0.05, 0) is 18.6 Å². The van der Waals surface area contributed by atoms with E-state index >= 15 is 0 Å². The van der Waals surface area contributed by atoms with Crippen LogP contribution >= 0.6 is 23.5 Å². The lowest BCUT2D eigenvalue weighted by molar-refractivity contribution is -0.112. The van der Waals surface area contributed by atoms with E-state index in [0.717, 1.165) is 28.7 Å². The summed E-state index contributed by atoms with van der Waals surface area (Å²) in [5.41, 5.74) is 1.24. The first-order chi connectivity index (χ1) is 12.2. The maximum Gasteiger partial charge on any atom is 0.186 e. The summed E-state index contributed by atoms with van der Waals surface area (Å²) in [4.78, 5) is 19.9. The van der Waals surface area contributed by atoms with Gasteiger partial charge >= 0.3 is 0 Å². The molecule has 0 saturated carbocycles. The average molecular weight is 371 g/mol. The number of hydrogen-bond acceptors (Lipinski definition) is 6. The van der Waals surface area contributed by atoms with Gasteiger partial charge in [0, 0.05) is 30.9 Å². The van der Waals surface area contributed by atoms with Crippen LogP contribution in [-0.4, -0.2) is 28.1 Å². The van der Waals surface area contributed by atoms with E-state index in [0.29, 0.717) is 5.03 Å². The summed E-state index contributed by atoms with van der Waals surface area (Å²) < 4.78 is 2.03. The fourth-order valence-corrected chi connectivity index (χ4v) is 4.62. The maximum atomic E-state index is 12.6. The Labute approximate surface area is 155 Å². The first-order valence-electron chi connectivity index (χ1n) is 7.97. The van der Waals surface area contributed by atoms with Crippen LogP contribution in [0.5, 0.6) is 0 Å². The highest BCUT2D eigenvalue weighted by molar-refractivity contribution is 8.03. The minimum Gasteiger partial charge on any atom is -0.337 e. The van der Waals surface area contributed by atoms with E-state index in [9.17, 15) is 10.1 Å². The van der Waals surface area contributed by atoms with Crippen molar-refractivity contribution >= 4 is 35.0 Å². The highest BCUT2D eigenvalue weighted by Gasteiger charge is 2.27. The monoisotopic (exact) mass is 370 g/mol. The number of allylic oxidation sites excluding steroid dienone is 1. The van der Waals surface area contributed by atoms with Gasteiger partial charge < -0.3 is 9.47 Å². The second-order valence-electron chi connectivity index (χ2n) is 5.54. The summed E-state index contributed by atoms with van der Waals surface area (Å²) in [6.45, 7) is 2.97. The van der Waals surface area contributed by atoms with Crippen LogP contribution in [0.2, 0.25) is 0 Å². The van der Waals surface area contributed by atoms with Gasteiger partial charge in [0.15, 0.2) is 10.9 Å². The predicted molar refractivity (Wildman–Crippen MR) is 102 cm³/mol. The highest BCUT2D eigenvalue weighted by atomic mass is 32.2. The van der Waals surface area contributed by atoms with Crippen molar-refractivity contribution in [2.75, 3.05) is 17.7 Å². The molecular formula is C18H18N4OS2. The topological polar surface area (TPSA) is 61.9 Å². The summed E-state index contributed by atoms with van der Waals surface area (Å²) in [6, 6.07) is 10.0. The lowest BCUT2D eigenvalue weighted by Crippen LogP contribution is -2.16. The molecule has 1 aliphatic heterocycles. The highest BCUT2D eigenvalue weighted by Crippen LogP contribution is 2.46. The van der Waals surface area contributed by atoms with Crippen molar-refractivity contribution in [2.24, 2.45) is 0 Å². The molecule has 5 nitrogen and oxygen atoms in total. The van der Waals surface area contributed by atoms with Crippen LogP contribution < -0.4 is 4.90 Å². The molecule has 0 radical (unpaired) electrons. The molecule has 2 heterocycles. The van der Waals surface area contributed by atoms with Gasteiger partial charge in [0.1, 0.15) is 16.7 Å². The molecule has 0 bridgehead atoms. The summed E-state index contributed by atoms with van der Waals surface area (Å²) in [7, 11) is 1.89. The van der Waals surface area contributed by atoms with Crippen LogP contribution in [0.3, 0.4) is 0 Å². The molecule has 25 heavy (non-hydrogen) atoms. The van der Waals surface area contributed by atoms with Crippen molar-refractivity contribution in [3.05, 3.63) is 47.3 Å². The van der Waals surface area contributed by atoms with Crippen molar-refractivity contribution in [1.29, 1.82) is 5.26 Å². The van der Waals surface area contributed by atoms with Gasteiger partial charge in [0.05, 0.1) is 11.4 Å². The number of nitriles is 1. The zero-order chi connectivity index (χ0) is 17.8. The molecule has 2 aromatic rings. The van der Waals surface area contributed by atoms with Crippen molar-refractivity contribution < 1.29 is 4.79 Å². The van der Waals surface area contributed by atoms with E-state index in [1.807, 2.05) is 47.0 Å². The summed E-state index contributed by atoms with van der Waals surface area (Å²) >= 11 is 2.85. The van der Waals surface area contributed by atoms with Gasteiger partial charge in [-0.2, -0.15) is 5.26 Å². The fourth-order valence-electron chi connectivity index (χ4n) is 2.60. The van der Waals surface area contributed by atoms with Gasteiger partial charge in [0.2, 0.25) is 0 Å². The SMILES string of the molecule is CCCn1ccnc1SCC(=O)C(C#N)=C1Sc2ccccc2N1C. The molecule has 7 heteroatoms. The number of aromatic nitrogens is 2. The number of aryl methyl sites for hydroxylation is 1. The number of thioether (sulfide) groups is 2. The molecule has 0 aliphatic carbocycles. The molecule has 0 N–H and O–H groups in total. The number of hydrogen-bond donors (Lipinski definition) is 0. The van der Waals surface area contributed by atoms with Gasteiger partial charge in [-0.1, -0.05) is 42.6 Å². The second kappa shape index (κ2) is 7.81. The Kier molecular flexibility index (Phi) is 5.51. The van der Waals surface area contributed by atoms with E-state index in [2.05, 4.69) is 18.0 Å². The Morgan fingerprint density at radius 2 is 2.20 bits per heavy atom. The molecule has 3 rings (SSSR count). The molecule has 1 aromatic carbocycles. The average Bonchev–Trinajstić information content (AvgIpc) is 3.19. The Morgan fingerprint density at radius 1 is 1.40 bits per heavy atom. The van der Waals surface area contributed by atoms with Gasteiger partial charge in [-0.15, -0.1) is 0 Å². The van der Waals surface area contributed by atoms with Gasteiger partial charge in [0.25, 0.3) is 0 Å². The minimum absolute atomic E-state index is 0.166. The Balaban J connectivity index is 1.77. The Hall–Kier alpha value is -2.17. The van der Waals surface area contributed by atoms with E-state index in [-0.39, 0.29) is 17.1 Å². The van der Waals surface area contributed by atoms with E-state index in [4.69, 9.17) is 0 Å². The summed E-state index contributed by atoms with van der Waals surface area (Å²) in [6.07, 6.45) is 4.66. The van der Waals surface area contributed by atoms with Gasteiger partial charge in [-0.25, -0.2) is 4.98 Å². The van der Waals surface area contributed by atoms with Crippen LogP contribution in [0.25, 0.3) is 0 Å². The lowest BCUT2D eigenvalue weighted by atomic mass is 10.2. The third-order valence-corrected chi connectivity index (χ3v) is 6.06. The largest absolute Gasteiger partial charge is 0.337 e. The number of Topliss-reactive ketones (excluding diaryl/α,β-unsaturated/α-hetero) is 1. The van der Waals surface area contributed by atoms with E-state index in [1.54, 1.807) is 6.20 Å². The van der Waals surface area contributed by atoms with Crippen molar-refractivity contribution in [3.8, 4) is 6.07 Å². The number of rotatable bonds is 6. The molecule has 0 spiro atoms. The number of anilines is 1. The van der Waals surface area contributed by atoms with Gasteiger partial charge in [-0.3, -0.25) is 4.79 Å². The molecule has 0 atom stereocenters. The third kappa shape index (κ3) is 3.60. The number of ketones is 1. The molecular weight excluding hydrogens is 352 g/mol. The molecule has 128 valence electrons. The van der Waals surface area contributed by atoms with Crippen molar-refractivity contribution in [3.63, 3.8) is 0 Å². The molecule has 1 aromatic heterocycles. The maximum absolute atomic E-state index is 12.6. The van der Waals surface area contributed by atoms with Crippen molar-refractivity contribution in [1.82, 2.24) is 9.55 Å². The zero-order valence-corrected chi connectivity index (χ0v) is 15.7.